The van der Waals surface area contributed by atoms with Crippen molar-refractivity contribution < 1.29 is 8.91 Å². The Morgan fingerprint density at radius 3 is 2.24 bits per heavy atom. The molecule has 0 fully saturated rings. The summed E-state index contributed by atoms with van der Waals surface area (Å²) < 4.78 is 20.9. The Kier molecular flexibility index (Phi) is 6.25. The van der Waals surface area contributed by atoms with Gasteiger partial charge in [-0.1, -0.05) is 77.6 Å². The largest absolute Gasteiger partial charge is 0.338 e. The first-order chi connectivity index (χ1) is 16.2. The second-order valence-electron chi connectivity index (χ2n) is 7.44. The second-order valence-corrected chi connectivity index (χ2v) is 8.38. The molecule has 0 saturated carbocycles. The molecule has 2 aromatic heterocycles. The topological polar surface area (TPSA) is 69.6 Å². The molecule has 0 amide bonds. The minimum Gasteiger partial charge on any atom is -0.338 e. The molecule has 0 radical (unpaired) electrons. The molecule has 0 spiro atoms. The molecule has 0 aliphatic carbocycles. The Balaban J connectivity index is 1.36. The minimum absolute atomic E-state index is 0.287. The van der Waals surface area contributed by atoms with Gasteiger partial charge < -0.3 is 4.52 Å². The quantitative estimate of drug-likeness (QED) is 0.291. The number of rotatable bonds is 8. The molecule has 0 N–H and O–H groups in total. The first-order valence-electron chi connectivity index (χ1n) is 10.5. The minimum atomic E-state index is -0.287. The number of hydrogen-bond acceptors (Lipinski definition) is 6. The van der Waals surface area contributed by atoms with E-state index in [2.05, 4.69) is 32.5 Å². The summed E-state index contributed by atoms with van der Waals surface area (Å²) in [5, 5.41) is 13.6. The third-order valence-corrected chi connectivity index (χ3v) is 5.99. The van der Waals surface area contributed by atoms with E-state index in [-0.39, 0.29) is 5.82 Å². The van der Waals surface area contributed by atoms with E-state index in [9.17, 15) is 4.39 Å². The van der Waals surface area contributed by atoms with Crippen LogP contribution in [0, 0.1) is 5.82 Å². The van der Waals surface area contributed by atoms with E-state index in [0.29, 0.717) is 36.3 Å². The van der Waals surface area contributed by atoms with Gasteiger partial charge in [0.15, 0.2) is 16.8 Å². The first kappa shape index (κ1) is 21.1. The summed E-state index contributed by atoms with van der Waals surface area (Å²) >= 11 is 1.48. The Labute approximate surface area is 194 Å². The number of thioether (sulfide) groups is 1. The summed E-state index contributed by atoms with van der Waals surface area (Å²) in [6, 6.07) is 26.4. The van der Waals surface area contributed by atoms with Crippen LogP contribution in [-0.4, -0.2) is 24.9 Å². The lowest BCUT2D eigenvalue weighted by atomic mass is 10.1. The van der Waals surface area contributed by atoms with E-state index in [1.165, 1.54) is 23.9 Å². The van der Waals surface area contributed by atoms with Crippen molar-refractivity contribution >= 4 is 11.8 Å². The van der Waals surface area contributed by atoms with Crippen molar-refractivity contribution in [2.45, 2.75) is 23.9 Å². The van der Waals surface area contributed by atoms with Crippen LogP contribution in [0.3, 0.4) is 0 Å². The van der Waals surface area contributed by atoms with Crippen LogP contribution in [0.1, 0.15) is 22.8 Å². The molecule has 0 aliphatic rings. The zero-order valence-corrected chi connectivity index (χ0v) is 18.5. The fraction of sp³-hybridized carbons (Fsp3) is 0.120. The molecule has 3 aromatic carbocycles. The fourth-order valence-corrected chi connectivity index (χ4v) is 4.22. The van der Waals surface area contributed by atoms with Crippen LogP contribution in [0.2, 0.25) is 0 Å². The van der Waals surface area contributed by atoms with Crippen LogP contribution in [-0.2, 0) is 18.7 Å². The highest BCUT2D eigenvalue weighted by atomic mass is 32.2. The van der Waals surface area contributed by atoms with Gasteiger partial charge in [0.25, 0.3) is 0 Å². The van der Waals surface area contributed by atoms with Crippen LogP contribution >= 0.6 is 11.8 Å². The van der Waals surface area contributed by atoms with Crippen molar-refractivity contribution in [1.82, 2.24) is 24.9 Å². The summed E-state index contributed by atoms with van der Waals surface area (Å²) in [7, 11) is 0. The SMILES string of the molecule is Fc1ccc(-c2nnc(SCc3nc(Cc4ccccc4)no3)n2Cc2ccccc2)cc1. The molecule has 5 rings (SSSR count). The molecule has 164 valence electrons. The van der Waals surface area contributed by atoms with Crippen molar-refractivity contribution in [3.8, 4) is 11.4 Å². The normalized spacial score (nSPS) is 11.1. The highest BCUT2D eigenvalue weighted by molar-refractivity contribution is 7.98. The predicted molar refractivity (Wildman–Crippen MR) is 124 cm³/mol. The van der Waals surface area contributed by atoms with Crippen LogP contribution < -0.4 is 0 Å². The Hall–Kier alpha value is -3.78. The van der Waals surface area contributed by atoms with Crippen molar-refractivity contribution in [2.75, 3.05) is 0 Å². The first-order valence-corrected chi connectivity index (χ1v) is 11.4. The fourth-order valence-electron chi connectivity index (χ4n) is 3.44. The third kappa shape index (κ3) is 5.18. The molecule has 0 unspecified atom stereocenters. The van der Waals surface area contributed by atoms with Gasteiger partial charge in [-0.3, -0.25) is 4.57 Å². The Morgan fingerprint density at radius 1 is 0.818 bits per heavy atom. The van der Waals surface area contributed by atoms with Gasteiger partial charge in [-0.05, 0) is 35.4 Å². The summed E-state index contributed by atoms with van der Waals surface area (Å²) in [6.45, 7) is 0.589. The van der Waals surface area contributed by atoms with Crippen LogP contribution in [0.25, 0.3) is 11.4 Å². The van der Waals surface area contributed by atoms with E-state index in [1.807, 2.05) is 53.1 Å². The van der Waals surface area contributed by atoms with Gasteiger partial charge in [0.05, 0.1) is 12.3 Å². The molecule has 5 aromatic rings. The van der Waals surface area contributed by atoms with Crippen LogP contribution in [0.4, 0.5) is 4.39 Å². The highest BCUT2D eigenvalue weighted by Gasteiger charge is 2.17. The summed E-state index contributed by atoms with van der Waals surface area (Å²) in [5.41, 5.74) is 3.05. The lowest BCUT2D eigenvalue weighted by molar-refractivity contribution is 0.385. The van der Waals surface area contributed by atoms with E-state index in [1.54, 1.807) is 12.1 Å². The molecule has 0 atom stereocenters. The number of hydrogen-bond donors (Lipinski definition) is 0. The smallest absolute Gasteiger partial charge is 0.237 e. The molecule has 6 nitrogen and oxygen atoms in total. The molecule has 0 bridgehead atoms. The van der Waals surface area contributed by atoms with Gasteiger partial charge in [0.1, 0.15) is 5.82 Å². The van der Waals surface area contributed by atoms with Gasteiger partial charge in [-0.2, -0.15) is 4.98 Å². The van der Waals surface area contributed by atoms with Crippen molar-refractivity contribution in [3.63, 3.8) is 0 Å². The van der Waals surface area contributed by atoms with Crippen molar-refractivity contribution in [3.05, 3.63) is 114 Å². The van der Waals surface area contributed by atoms with Gasteiger partial charge >= 0.3 is 0 Å². The standard InChI is InChI=1S/C25H20FN5OS/c26-21-13-11-20(12-14-21)24-28-29-25(31(24)16-19-9-5-2-6-10-19)33-17-23-27-22(30-32-23)15-18-7-3-1-4-8-18/h1-14H,15-17H2. The zero-order valence-electron chi connectivity index (χ0n) is 17.6. The summed E-state index contributed by atoms with van der Waals surface area (Å²) in [6.07, 6.45) is 0.619. The molecule has 2 heterocycles. The van der Waals surface area contributed by atoms with E-state index in [0.717, 1.165) is 21.8 Å². The molecule has 8 heteroatoms. The average molecular weight is 458 g/mol. The van der Waals surface area contributed by atoms with Gasteiger partial charge in [0.2, 0.25) is 5.89 Å². The maximum Gasteiger partial charge on any atom is 0.237 e. The molecular formula is C25H20FN5OS. The number of benzene rings is 3. The van der Waals surface area contributed by atoms with Crippen molar-refractivity contribution in [1.29, 1.82) is 0 Å². The van der Waals surface area contributed by atoms with Crippen molar-refractivity contribution in [2.24, 2.45) is 0 Å². The predicted octanol–water partition coefficient (Wildman–Crippen LogP) is 5.40. The Morgan fingerprint density at radius 2 is 1.52 bits per heavy atom. The van der Waals surface area contributed by atoms with E-state index >= 15 is 0 Å². The summed E-state index contributed by atoms with van der Waals surface area (Å²) in [5.74, 6) is 2.04. The highest BCUT2D eigenvalue weighted by Crippen LogP contribution is 2.27. The number of nitrogens with zero attached hydrogens (tertiary/aromatic N) is 5. The second kappa shape index (κ2) is 9.79. The maximum atomic E-state index is 13.4. The monoisotopic (exact) mass is 457 g/mol. The molecular weight excluding hydrogens is 437 g/mol. The van der Waals surface area contributed by atoms with Crippen LogP contribution in [0.5, 0.6) is 0 Å². The maximum absolute atomic E-state index is 13.4. The lowest BCUT2D eigenvalue weighted by Gasteiger charge is -2.10. The van der Waals surface area contributed by atoms with Crippen LogP contribution in [0.15, 0.2) is 94.6 Å². The van der Waals surface area contributed by atoms with E-state index in [4.69, 9.17) is 4.52 Å². The summed E-state index contributed by atoms with van der Waals surface area (Å²) in [4.78, 5) is 4.51. The van der Waals surface area contributed by atoms with Gasteiger partial charge in [-0.25, -0.2) is 4.39 Å². The average Bonchev–Trinajstić information content (AvgIpc) is 3.46. The molecule has 33 heavy (non-hydrogen) atoms. The van der Waals surface area contributed by atoms with Gasteiger partial charge in [-0.15, -0.1) is 10.2 Å². The number of halogens is 1. The number of aromatic nitrogens is 5. The zero-order chi connectivity index (χ0) is 22.5. The van der Waals surface area contributed by atoms with Gasteiger partial charge in [0, 0.05) is 12.0 Å². The lowest BCUT2D eigenvalue weighted by Crippen LogP contribution is -2.04. The third-order valence-electron chi connectivity index (χ3n) is 5.04. The van der Waals surface area contributed by atoms with E-state index < -0.39 is 0 Å². The molecule has 0 aliphatic heterocycles. The Bertz CT molecular complexity index is 1320. The molecule has 0 saturated heterocycles.